The van der Waals surface area contributed by atoms with Crippen LogP contribution in [-0.2, 0) is 11.2 Å². The van der Waals surface area contributed by atoms with Crippen molar-refractivity contribution in [1.82, 2.24) is 20.1 Å². The second-order valence-electron chi connectivity index (χ2n) is 6.53. The van der Waals surface area contributed by atoms with Gasteiger partial charge in [-0.3, -0.25) is 9.89 Å². The fourth-order valence-electron chi connectivity index (χ4n) is 3.06. The first-order valence-electron chi connectivity index (χ1n) is 8.44. The average molecular weight is 365 g/mol. The van der Waals surface area contributed by atoms with Crippen LogP contribution in [-0.4, -0.2) is 44.8 Å². The number of H-pyrrole nitrogens is 1. The number of thioether (sulfide) groups is 1. The van der Waals surface area contributed by atoms with Gasteiger partial charge < -0.3 is 4.90 Å². The highest BCUT2D eigenvalue weighted by molar-refractivity contribution is 7.99. The molecule has 3 rings (SSSR count). The summed E-state index contributed by atoms with van der Waals surface area (Å²) in [6.45, 7) is 2.30. The van der Waals surface area contributed by atoms with Crippen LogP contribution in [0.4, 0.5) is 0 Å². The number of aromatic amines is 1. The highest BCUT2D eigenvalue weighted by Crippen LogP contribution is 2.27. The molecule has 0 aliphatic heterocycles. The quantitative estimate of drug-likeness (QED) is 0.796. The number of rotatable bonds is 6. The lowest BCUT2D eigenvalue weighted by molar-refractivity contribution is -0.129. The first-order valence-corrected chi connectivity index (χ1v) is 10.3. The van der Waals surface area contributed by atoms with Crippen LogP contribution in [0.3, 0.4) is 0 Å². The van der Waals surface area contributed by atoms with Crippen LogP contribution in [0, 0.1) is 5.92 Å². The van der Waals surface area contributed by atoms with Gasteiger partial charge in [0.1, 0.15) is 5.82 Å². The van der Waals surface area contributed by atoms with E-state index in [4.69, 9.17) is 0 Å². The Morgan fingerprint density at radius 2 is 2.21 bits per heavy atom. The molecule has 2 aromatic rings. The zero-order chi connectivity index (χ0) is 16.9. The smallest absolute Gasteiger partial charge is 0.233 e. The molecule has 2 aromatic heterocycles. The fraction of sp³-hybridized carbons (Fsp3) is 0.588. The molecule has 1 saturated carbocycles. The van der Waals surface area contributed by atoms with Crippen molar-refractivity contribution in [2.45, 2.75) is 50.2 Å². The van der Waals surface area contributed by atoms with Crippen LogP contribution in [0.1, 0.15) is 43.3 Å². The topological polar surface area (TPSA) is 61.9 Å². The first kappa shape index (κ1) is 17.5. The third kappa shape index (κ3) is 4.60. The Bertz CT molecular complexity index is 647. The number of hydrogen-bond acceptors (Lipinski definition) is 5. The van der Waals surface area contributed by atoms with E-state index in [0.29, 0.717) is 17.0 Å². The summed E-state index contributed by atoms with van der Waals surface area (Å²) >= 11 is 3.12. The van der Waals surface area contributed by atoms with E-state index in [1.54, 1.807) is 11.3 Å². The molecule has 1 amide bonds. The SMILES string of the molecule is CC1CCC(N(C)C(=O)CSc2n[nH]c(Cc3cccs3)n2)CC1. The molecule has 24 heavy (non-hydrogen) atoms. The lowest BCUT2D eigenvalue weighted by atomic mass is 9.87. The van der Waals surface area contributed by atoms with E-state index >= 15 is 0 Å². The number of carbonyl (C=O) groups excluding carboxylic acids is 1. The minimum atomic E-state index is 0.171. The van der Waals surface area contributed by atoms with Crippen molar-refractivity contribution in [2.24, 2.45) is 5.92 Å². The Morgan fingerprint density at radius 3 is 2.92 bits per heavy atom. The van der Waals surface area contributed by atoms with Crippen LogP contribution in [0.5, 0.6) is 0 Å². The van der Waals surface area contributed by atoms with Crippen molar-refractivity contribution in [1.29, 1.82) is 0 Å². The van der Waals surface area contributed by atoms with Crippen LogP contribution < -0.4 is 0 Å². The number of nitrogens with zero attached hydrogens (tertiary/aromatic N) is 3. The third-order valence-corrected chi connectivity index (χ3v) is 6.39. The van der Waals surface area contributed by atoms with Crippen molar-refractivity contribution in [3.8, 4) is 0 Å². The van der Waals surface area contributed by atoms with Gasteiger partial charge in [-0.05, 0) is 43.0 Å². The molecule has 0 bridgehead atoms. The summed E-state index contributed by atoms with van der Waals surface area (Å²) in [6.07, 6.45) is 5.46. The van der Waals surface area contributed by atoms with Crippen molar-refractivity contribution in [2.75, 3.05) is 12.8 Å². The third-order valence-electron chi connectivity index (χ3n) is 4.68. The molecule has 0 aromatic carbocycles. The van der Waals surface area contributed by atoms with Gasteiger partial charge in [-0.25, -0.2) is 4.98 Å². The number of aromatic nitrogens is 3. The number of amides is 1. The van der Waals surface area contributed by atoms with Crippen molar-refractivity contribution < 1.29 is 4.79 Å². The normalized spacial score (nSPS) is 20.9. The maximum atomic E-state index is 12.4. The summed E-state index contributed by atoms with van der Waals surface area (Å²) in [4.78, 5) is 20.1. The lowest BCUT2D eigenvalue weighted by Gasteiger charge is -2.33. The summed E-state index contributed by atoms with van der Waals surface area (Å²) in [5, 5.41) is 9.89. The average Bonchev–Trinajstić information content (AvgIpc) is 3.25. The van der Waals surface area contributed by atoms with Crippen molar-refractivity contribution >= 4 is 29.0 Å². The lowest BCUT2D eigenvalue weighted by Crippen LogP contribution is -2.40. The van der Waals surface area contributed by atoms with Crippen LogP contribution in [0.15, 0.2) is 22.7 Å². The molecule has 1 N–H and O–H groups in total. The summed E-state index contributed by atoms with van der Waals surface area (Å²) in [5.41, 5.74) is 0. The van der Waals surface area contributed by atoms with Crippen LogP contribution in [0.25, 0.3) is 0 Å². The summed E-state index contributed by atoms with van der Waals surface area (Å²) in [7, 11) is 1.93. The molecule has 0 radical (unpaired) electrons. The second kappa shape index (κ2) is 8.16. The molecule has 130 valence electrons. The largest absolute Gasteiger partial charge is 0.342 e. The first-order chi connectivity index (χ1) is 11.6. The van der Waals surface area contributed by atoms with E-state index < -0.39 is 0 Å². The predicted molar refractivity (Wildman–Crippen MR) is 98.4 cm³/mol. The zero-order valence-corrected chi connectivity index (χ0v) is 15.8. The fourth-order valence-corrected chi connectivity index (χ4v) is 4.51. The zero-order valence-electron chi connectivity index (χ0n) is 14.2. The van der Waals surface area contributed by atoms with E-state index in [0.717, 1.165) is 31.0 Å². The van der Waals surface area contributed by atoms with Gasteiger partial charge in [-0.1, -0.05) is 24.8 Å². The van der Waals surface area contributed by atoms with Gasteiger partial charge in [0.2, 0.25) is 11.1 Å². The molecular weight excluding hydrogens is 340 g/mol. The van der Waals surface area contributed by atoms with Gasteiger partial charge in [-0.15, -0.1) is 16.4 Å². The molecule has 0 saturated heterocycles. The standard InChI is InChI=1S/C17H24N4OS2/c1-12-5-7-13(8-6-12)21(2)16(22)11-24-17-18-15(19-20-17)10-14-4-3-9-23-14/h3-4,9,12-13H,5-8,10-11H2,1-2H3,(H,18,19,20). The second-order valence-corrected chi connectivity index (χ2v) is 8.50. The minimum absolute atomic E-state index is 0.171. The van der Waals surface area contributed by atoms with Gasteiger partial charge in [0.05, 0.1) is 5.75 Å². The van der Waals surface area contributed by atoms with E-state index in [9.17, 15) is 4.79 Å². The van der Waals surface area contributed by atoms with Gasteiger partial charge in [-0.2, -0.15) is 0 Å². The van der Waals surface area contributed by atoms with Gasteiger partial charge in [0.25, 0.3) is 0 Å². The van der Waals surface area contributed by atoms with E-state index in [-0.39, 0.29) is 5.91 Å². The molecule has 1 fully saturated rings. The van der Waals surface area contributed by atoms with Gasteiger partial charge >= 0.3 is 0 Å². The van der Waals surface area contributed by atoms with Crippen molar-refractivity contribution in [3.05, 3.63) is 28.2 Å². The highest BCUT2D eigenvalue weighted by atomic mass is 32.2. The molecule has 1 aliphatic rings. The Hall–Kier alpha value is -1.34. The predicted octanol–water partition coefficient (Wildman–Crippen LogP) is 3.59. The Morgan fingerprint density at radius 1 is 1.42 bits per heavy atom. The Labute approximate surface area is 151 Å². The maximum Gasteiger partial charge on any atom is 0.233 e. The molecule has 5 nitrogen and oxygen atoms in total. The maximum absolute atomic E-state index is 12.4. The Kier molecular flexibility index (Phi) is 5.94. The number of hydrogen-bond donors (Lipinski definition) is 1. The monoisotopic (exact) mass is 364 g/mol. The number of carbonyl (C=O) groups is 1. The summed E-state index contributed by atoms with van der Waals surface area (Å²) in [5.74, 6) is 2.22. The Balaban J connectivity index is 1.46. The molecule has 0 atom stereocenters. The van der Waals surface area contributed by atoms with E-state index in [1.165, 1.54) is 29.5 Å². The highest BCUT2D eigenvalue weighted by Gasteiger charge is 2.24. The summed E-state index contributed by atoms with van der Waals surface area (Å²) < 4.78 is 0. The molecule has 1 aliphatic carbocycles. The number of thiophene rings is 1. The van der Waals surface area contributed by atoms with E-state index in [2.05, 4.69) is 33.6 Å². The minimum Gasteiger partial charge on any atom is -0.342 e. The molecule has 7 heteroatoms. The molecular formula is C17H24N4OS2. The molecule has 0 spiro atoms. The van der Waals surface area contributed by atoms with Gasteiger partial charge in [0, 0.05) is 24.4 Å². The summed E-state index contributed by atoms with van der Waals surface area (Å²) in [6, 6.07) is 4.52. The van der Waals surface area contributed by atoms with Crippen LogP contribution in [0.2, 0.25) is 0 Å². The molecule has 0 unspecified atom stereocenters. The van der Waals surface area contributed by atoms with Crippen molar-refractivity contribution in [3.63, 3.8) is 0 Å². The molecule has 2 heterocycles. The van der Waals surface area contributed by atoms with Gasteiger partial charge in [0.15, 0.2) is 0 Å². The number of nitrogens with one attached hydrogen (secondary N) is 1. The van der Waals surface area contributed by atoms with E-state index in [1.807, 2.05) is 18.0 Å². The van der Waals surface area contributed by atoms with Crippen LogP contribution >= 0.6 is 23.1 Å².